The molecule has 0 saturated heterocycles. The third-order valence-electron chi connectivity index (χ3n) is 3.89. The highest BCUT2D eigenvalue weighted by molar-refractivity contribution is 9.10. The highest BCUT2D eigenvalue weighted by Gasteiger charge is 2.29. The number of carbonyl (C=O) groups excluding carboxylic acids is 1. The monoisotopic (exact) mass is 340 g/mol. The van der Waals surface area contributed by atoms with Crippen LogP contribution in [0.4, 0.5) is 5.69 Å². The van der Waals surface area contributed by atoms with Crippen molar-refractivity contribution in [1.82, 2.24) is 5.32 Å². The Morgan fingerprint density at radius 1 is 1.45 bits per heavy atom. The van der Waals surface area contributed by atoms with Crippen molar-refractivity contribution >= 4 is 27.5 Å². The molecule has 0 spiro atoms. The summed E-state index contributed by atoms with van der Waals surface area (Å²) in [6.45, 7) is 2.79. The first-order chi connectivity index (χ1) is 9.41. The molecule has 2 rings (SSSR count). The molecule has 1 aromatic rings. The number of benzene rings is 1. The number of carbonyl (C=O) groups is 1. The van der Waals surface area contributed by atoms with Gasteiger partial charge in [-0.3, -0.25) is 14.9 Å². The van der Waals surface area contributed by atoms with Crippen molar-refractivity contribution in [1.29, 1.82) is 0 Å². The maximum atomic E-state index is 12.1. The van der Waals surface area contributed by atoms with Crippen molar-refractivity contribution in [2.24, 2.45) is 5.41 Å². The highest BCUT2D eigenvalue weighted by Crippen LogP contribution is 2.36. The Kier molecular flexibility index (Phi) is 4.42. The molecule has 20 heavy (non-hydrogen) atoms. The maximum Gasteiger partial charge on any atom is 0.284 e. The van der Waals surface area contributed by atoms with Gasteiger partial charge < -0.3 is 5.32 Å². The van der Waals surface area contributed by atoms with Gasteiger partial charge in [0.25, 0.3) is 11.6 Å². The van der Waals surface area contributed by atoms with Crippen LogP contribution in [0.3, 0.4) is 0 Å². The van der Waals surface area contributed by atoms with E-state index < -0.39 is 4.92 Å². The molecule has 6 heteroatoms. The van der Waals surface area contributed by atoms with E-state index in [-0.39, 0.29) is 17.0 Å². The van der Waals surface area contributed by atoms with Crippen molar-refractivity contribution in [2.75, 3.05) is 6.54 Å². The lowest BCUT2D eigenvalue weighted by molar-refractivity contribution is -0.385. The third-order valence-corrected chi connectivity index (χ3v) is 4.56. The predicted molar refractivity (Wildman–Crippen MR) is 79.7 cm³/mol. The molecule has 1 fully saturated rings. The van der Waals surface area contributed by atoms with Crippen LogP contribution in [0.25, 0.3) is 0 Å². The van der Waals surface area contributed by atoms with E-state index in [0.717, 1.165) is 12.8 Å². The van der Waals surface area contributed by atoms with Gasteiger partial charge in [0.15, 0.2) is 0 Å². The lowest BCUT2D eigenvalue weighted by atomic mass is 9.89. The van der Waals surface area contributed by atoms with Gasteiger partial charge >= 0.3 is 0 Å². The summed E-state index contributed by atoms with van der Waals surface area (Å²) in [5, 5.41) is 13.7. The second-order valence-corrected chi connectivity index (χ2v) is 6.48. The summed E-state index contributed by atoms with van der Waals surface area (Å²) >= 11 is 3.11. The number of nitrogens with one attached hydrogen (secondary N) is 1. The lowest BCUT2D eigenvalue weighted by Crippen LogP contribution is -2.34. The summed E-state index contributed by atoms with van der Waals surface area (Å²) in [6, 6.07) is 4.42. The second-order valence-electron chi connectivity index (χ2n) is 5.62. The first-order valence-corrected chi connectivity index (χ1v) is 7.43. The Morgan fingerprint density at radius 3 is 2.70 bits per heavy atom. The Balaban J connectivity index is 2.06. The van der Waals surface area contributed by atoms with E-state index >= 15 is 0 Å². The standard InChI is InChI=1S/C14H17BrN2O3/c1-14(6-2-3-7-14)9-16-13(18)10-4-5-11(15)12(8-10)17(19)20/h4-5,8H,2-3,6-7,9H2,1H3,(H,16,18). The highest BCUT2D eigenvalue weighted by atomic mass is 79.9. The van der Waals surface area contributed by atoms with Crippen LogP contribution in [-0.2, 0) is 0 Å². The van der Waals surface area contributed by atoms with Gasteiger partial charge in [0.05, 0.1) is 9.40 Å². The Hall–Kier alpha value is -1.43. The molecular formula is C14H17BrN2O3. The van der Waals surface area contributed by atoms with Crippen LogP contribution in [0.5, 0.6) is 0 Å². The molecule has 1 amide bonds. The number of rotatable bonds is 4. The first kappa shape index (κ1) is 15.0. The number of hydrogen-bond donors (Lipinski definition) is 1. The van der Waals surface area contributed by atoms with Gasteiger partial charge in [0, 0.05) is 18.2 Å². The largest absolute Gasteiger partial charge is 0.351 e. The van der Waals surface area contributed by atoms with E-state index in [1.807, 2.05) is 0 Å². The molecule has 1 N–H and O–H groups in total. The number of amides is 1. The average molecular weight is 341 g/mol. The van der Waals surface area contributed by atoms with E-state index in [1.54, 1.807) is 6.07 Å². The summed E-state index contributed by atoms with van der Waals surface area (Å²) in [6.07, 6.45) is 4.65. The SMILES string of the molecule is CC1(CNC(=O)c2ccc(Br)c([N+](=O)[O-])c2)CCCC1. The van der Waals surface area contributed by atoms with Gasteiger partial charge in [-0.25, -0.2) is 0 Å². The summed E-state index contributed by atoms with van der Waals surface area (Å²) in [5.74, 6) is -0.256. The Morgan fingerprint density at radius 2 is 2.10 bits per heavy atom. The van der Waals surface area contributed by atoms with Gasteiger partial charge in [-0.15, -0.1) is 0 Å². The molecule has 1 aliphatic rings. The molecule has 1 aromatic carbocycles. The summed E-state index contributed by atoms with van der Waals surface area (Å²) in [4.78, 5) is 22.4. The fourth-order valence-corrected chi connectivity index (χ4v) is 2.99. The van der Waals surface area contributed by atoms with Crippen LogP contribution in [0.2, 0.25) is 0 Å². The minimum Gasteiger partial charge on any atom is -0.351 e. The minimum absolute atomic E-state index is 0.0928. The van der Waals surface area contributed by atoms with Crippen LogP contribution in [0, 0.1) is 15.5 Å². The van der Waals surface area contributed by atoms with Crippen LogP contribution >= 0.6 is 15.9 Å². The molecule has 0 unspecified atom stereocenters. The van der Waals surface area contributed by atoms with Gasteiger partial charge in [0.2, 0.25) is 0 Å². The van der Waals surface area contributed by atoms with Crippen LogP contribution in [0.15, 0.2) is 22.7 Å². The van der Waals surface area contributed by atoms with Gasteiger partial charge in [-0.1, -0.05) is 19.8 Å². The zero-order valence-corrected chi connectivity index (χ0v) is 12.9. The molecule has 5 nitrogen and oxygen atoms in total. The Bertz CT molecular complexity index is 539. The van der Waals surface area contributed by atoms with Crippen LogP contribution in [0.1, 0.15) is 43.0 Å². The van der Waals surface area contributed by atoms with E-state index in [0.29, 0.717) is 16.6 Å². The normalized spacial score (nSPS) is 16.9. The molecule has 0 radical (unpaired) electrons. The summed E-state index contributed by atoms with van der Waals surface area (Å²) in [5.41, 5.74) is 0.392. The van der Waals surface area contributed by atoms with E-state index in [9.17, 15) is 14.9 Å². The number of nitro groups is 1. The van der Waals surface area contributed by atoms with Gasteiger partial charge in [0.1, 0.15) is 0 Å². The van der Waals surface area contributed by atoms with Crippen molar-refractivity contribution in [2.45, 2.75) is 32.6 Å². The third kappa shape index (κ3) is 3.36. The van der Waals surface area contributed by atoms with Crippen LogP contribution < -0.4 is 5.32 Å². The minimum atomic E-state index is -0.501. The fourth-order valence-electron chi connectivity index (χ4n) is 2.59. The molecule has 0 aliphatic heterocycles. The zero-order chi connectivity index (χ0) is 14.8. The summed E-state index contributed by atoms with van der Waals surface area (Å²) < 4.78 is 0.377. The van der Waals surface area contributed by atoms with Crippen molar-refractivity contribution in [3.8, 4) is 0 Å². The lowest BCUT2D eigenvalue weighted by Gasteiger charge is -2.23. The number of hydrogen-bond acceptors (Lipinski definition) is 3. The molecule has 1 saturated carbocycles. The molecular weight excluding hydrogens is 324 g/mol. The van der Waals surface area contributed by atoms with Crippen molar-refractivity contribution < 1.29 is 9.72 Å². The van der Waals surface area contributed by atoms with Crippen molar-refractivity contribution in [3.05, 3.63) is 38.3 Å². The van der Waals surface area contributed by atoms with E-state index in [4.69, 9.17) is 0 Å². The predicted octanol–water partition coefficient (Wildman–Crippen LogP) is 3.67. The van der Waals surface area contributed by atoms with Gasteiger partial charge in [-0.2, -0.15) is 0 Å². The Labute approximate surface area is 126 Å². The van der Waals surface area contributed by atoms with Crippen molar-refractivity contribution in [3.63, 3.8) is 0 Å². The molecule has 1 aliphatic carbocycles. The molecule has 0 heterocycles. The number of nitrogens with zero attached hydrogens (tertiary/aromatic N) is 1. The first-order valence-electron chi connectivity index (χ1n) is 6.63. The number of halogens is 1. The smallest absolute Gasteiger partial charge is 0.284 e. The maximum absolute atomic E-state index is 12.1. The van der Waals surface area contributed by atoms with Crippen LogP contribution in [-0.4, -0.2) is 17.4 Å². The molecule has 0 bridgehead atoms. The molecule has 0 aromatic heterocycles. The quantitative estimate of drug-likeness (QED) is 0.671. The zero-order valence-electron chi connectivity index (χ0n) is 11.3. The fraction of sp³-hybridized carbons (Fsp3) is 0.500. The van der Waals surface area contributed by atoms with Gasteiger partial charge in [-0.05, 0) is 46.3 Å². The molecule has 0 atom stereocenters. The number of nitro benzene ring substituents is 1. The topological polar surface area (TPSA) is 72.2 Å². The average Bonchev–Trinajstić information content (AvgIpc) is 2.84. The van der Waals surface area contributed by atoms with E-state index in [2.05, 4.69) is 28.2 Å². The second kappa shape index (κ2) is 5.91. The molecule has 108 valence electrons. The van der Waals surface area contributed by atoms with E-state index in [1.165, 1.54) is 25.0 Å². The summed E-state index contributed by atoms with van der Waals surface area (Å²) in [7, 11) is 0.